The third-order valence-corrected chi connectivity index (χ3v) is 15.6. The van der Waals surface area contributed by atoms with Crippen molar-refractivity contribution in [3.63, 3.8) is 0 Å². The Balaban J connectivity index is 0.810. The second-order valence-electron chi connectivity index (χ2n) is 21.0. The summed E-state index contributed by atoms with van der Waals surface area (Å²) in [5.74, 6) is 7.69. The van der Waals surface area contributed by atoms with Crippen LogP contribution in [0.5, 0.6) is 0 Å². The van der Waals surface area contributed by atoms with Gasteiger partial charge in [0, 0.05) is 24.2 Å². The Bertz CT molecular complexity index is 2550. The summed E-state index contributed by atoms with van der Waals surface area (Å²) in [5, 5.41) is 5.86. The van der Waals surface area contributed by atoms with Gasteiger partial charge in [-0.15, -0.1) is 0 Å². The van der Waals surface area contributed by atoms with E-state index in [0.717, 1.165) is 122 Å². The Hall–Kier alpha value is -5.84. The van der Waals surface area contributed by atoms with E-state index in [1.807, 2.05) is 93.1 Å². The molecule has 4 aromatic rings. The standard InChI is InChI=1S/C51H62N8O6/c1-30(2)42(56-47(62)64-35-8-6-9-35)45(60)58-28-50(20-21-50)25-40(58)43-52-27-39(55-43)34-17-14-32(15-18-34)12-13-33-16-19-37-38(24-33)54-44(53-37)41-26-51(22-23-51)29-59(41)46(61)49(5,31(3)4)57-48(63)65-36-10-7-11-36/h14-19,24,27,30-31,35-36,40-42H,6-11,20-23,25-26,28-29H2,1-5H3,(H,52,55)(H,53,54)(H,56,62)(H,57,63). The van der Waals surface area contributed by atoms with Gasteiger partial charge >= 0.3 is 12.2 Å². The molecule has 6 fully saturated rings. The molecule has 14 heteroatoms. The highest BCUT2D eigenvalue weighted by molar-refractivity contribution is 5.91. The number of benzene rings is 2. The first kappa shape index (κ1) is 43.1. The molecule has 2 aromatic carbocycles. The summed E-state index contributed by atoms with van der Waals surface area (Å²) in [6.45, 7) is 11.0. The van der Waals surface area contributed by atoms with Crippen molar-refractivity contribution < 1.29 is 28.7 Å². The fourth-order valence-corrected chi connectivity index (χ4v) is 10.0. The number of amides is 4. The van der Waals surface area contributed by atoms with Crippen LogP contribution in [0.15, 0.2) is 48.7 Å². The van der Waals surface area contributed by atoms with Crippen LogP contribution in [0.4, 0.5) is 9.59 Å². The van der Waals surface area contributed by atoms with E-state index in [0.29, 0.717) is 13.1 Å². The summed E-state index contributed by atoms with van der Waals surface area (Å²) in [5.41, 5.74) is 4.26. The van der Waals surface area contributed by atoms with Gasteiger partial charge in [-0.05, 0) is 143 Å². The van der Waals surface area contributed by atoms with E-state index >= 15 is 0 Å². The molecule has 4 amide bonds. The van der Waals surface area contributed by atoms with Gasteiger partial charge in [-0.1, -0.05) is 51.7 Å². The van der Waals surface area contributed by atoms with Gasteiger partial charge < -0.3 is 39.9 Å². The quantitative estimate of drug-likeness (QED) is 0.109. The number of carbonyl (C=O) groups is 4. The predicted octanol–water partition coefficient (Wildman–Crippen LogP) is 8.46. The van der Waals surface area contributed by atoms with E-state index in [9.17, 15) is 19.2 Å². The number of ether oxygens (including phenoxy) is 2. The first-order valence-corrected chi connectivity index (χ1v) is 23.9. The maximum Gasteiger partial charge on any atom is 0.408 e. The lowest BCUT2D eigenvalue weighted by Crippen LogP contribution is -2.61. The van der Waals surface area contributed by atoms with Gasteiger partial charge in [-0.2, -0.15) is 0 Å². The van der Waals surface area contributed by atoms with Crippen LogP contribution in [0.2, 0.25) is 0 Å². The van der Waals surface area contributed by atoms with E-state index < -0.39 is 23.8 Å². The van der Waals surface area contributed by atoms with Crippen molar-refractivity contribution in [1.29, 1.82) is 0 Å². The second kappa shape index (κ2) is 16.5. The summed E-state index contributed by atoms with van der Waals surface area (Å²) in [6, 6.07) is 12.9. The number of hydrogen-bond acceptors (Lipinski definition) is 8. The van der Waals surface area contributed by atoms with Gasteiger partial charge in [-0.25, -0.2) is 19.6 Å². The molecule has 4 N–H and O–H groups in total. The van der Waals surface area contributed by atoms with Crippen molar-refractivity contribution >= 4 is 35.0 Å². The van der Waals surface area contributed by atoms with E-state index in [-0.39, 0.29) is 58.8 Å². The first-order chi connectivity index (χ1) is 31.2. The SMILES string of the molecule is CC(C)C(NC(=O)OC1CCC1)C(=O)N1CC2(CC2)CC1c1ncc(-c2ccc(C#Cc3ccc4nc(C5CC6(CC6)CN5C(=O)C(C)(NC(=O)OC5CCC5)C(C)C)[nH]c4c3)cc2)[nH]1. The van der Waals surface area contributed by atoms with Crippen molar-refractivity contribution in [2.24, 2.45) is 22.7 Å². The molecule has 65 heavy (non-hydrogen) atoms. The molecule has 2 spiro atoms. The summed E-state index contributed by atoms with van der Waals surface area (Å²) in [7, 11) is 0. The molecule has 10 rings (SSSR count). The fourth-order valence-electron chi connectivity index (χ4n) is 10.0. The van der Waals surface area contributed by atoms with Crippen molar-refractivity contribution in [3.8, 4) is 23.1 Å². The number of imidazole rings is 2. The number of hydrogen-bond donors (Lipinski definition) is 4. The lowest BCUT2D eigenvalue weighted by molar-refractivity contribution is -0.141. The molecule has 0 bridgehead atoms. The molecule has 6 aliphatic rings. The van der Waals surface area contributed by atoms with Gasteiger partial charge in [0.1, 0.15) is 35.4 Å². The molecule has 0 radical (unpaired) electrons. The average molecular weight is 883 g/mol. The minimum atomic E-state index is -1.13. The number of fused-ring (bicyclic) bond motifs is 1. The Morgan fingerprint density at radius 1 is 0.785 bits per heavy atom. The van der Waals surface area contributed by atoms with Crippen molar-refractivity contribution in [3.05, 3.63) is 71.4 Å². The number of likely N-dealkylation sites (tertiary alicyclic amines) is 2. The summed E-state index contributed by atoms with van der Waals surface area (Å²) >= 11 is 0. The highest BCUT2D eigenvalue weighted by Gasteiger charge is 2.58. The van der Waals surface area contributed by atoms with E-state index in [1.165, 1.54) is 0 Å². The van der Waals surface area contributed by atoms with Crippen LogP contribution < -0.4 is 10.6 Å². The van der Waals surface area contributed by atoms with E-state index in [4.69, 9.17) is 19.4 Å². The minimum Gasteiger partial charge on any atom is -0.446 e. The zero-order chi connectivity index (χ0) is 45.3. The van der Waals surface area contributed by atoms with Gasteiger partial charge in [-0.3, -0.25) is 9.59 Å². The molecule has 4 atom stereocenters. The number of alkyl carbamates (subject to hydrolysis) is 2. The second-order valence-corrected chi connectivity index (χ2v) is 21.0. The number of aromatic nitrogens is 4. The van der Waals surface area contributed by atoms with Crippen LogP contribution in [0.25, 0.3) is 22.3 Å². The normalized spacial score (nSPS) is 23.1. The molecule has 2 aliphatic heterocycles. The number of H-pyrrole nitrogens is 2. The highest BCUT2D eigenvalue weighted by atomic mass is 16.6. The topological polar surface area (TPSA) is 175 Å². The number of rotatable bonds is 11. The predicted molar refractivity (Wildman–Crippen MR) is 244 cm³/mol. The summed E-state index contributed by atoms with van der Waals surface area (Å²) < 4.78 is 11.2. The number of nitrogens with one attached hydrogen (secondary N) is 4. The van der Waals surface area contributed by atoms with Crippen molar-refractivity contribution in [2.75, 3.05) is 13.1 Å². The Morgan fingerprint density at radius 3 is 1.98 bits per heavy atom. The zero-order valence-corrected chi connectivity index (χ0v) is 38.3. The molecular weight excluding hydrogens is 821 g/mol. The molecule has 4 aliphatic carbocycles. The molecule has 2 aromatic heterocycles. The molecular formula is C51H62N8O6. The Kier molecular flexibility index (Phi) is 11.0. The van der Waals surface area contributed by atoms with Crippen LogP contribution in [-0.4, -0.2) is 90.6 Å². The van der Waals surface area contributed by atoms with Gasteiger partial charge in [0.25, 0.3) is 0 Å². The van der Waals surface area contributed by atoms with E-state index in [1.54, 1.807) is 0 Å². The summed E-state index contributed by atoms with van der Waals surface area (Å²) in [6.07, 6.45) is 12.3. The highest BCUT2D eigenvalue weighted by Crippen LogP contribution is 2.59. The number of carbonyl (C=O) groups excluding carboxylic acids is 4. The number of nitrogens with zero attached hydrogens (tertiary/aromatic N) is 4. The molecule has 14 nitrogen and oxygen atoms in total. The largest absolute Gasteiger partial charge is 0.446 e. The third kappa shape index (κ3) is 8.59. The van der Waals surface area contributed by atoms with Crippen molar-refractivity contribution in [1.82, 2.24) is 40.4 Å². The summed E-state index contributed by atoms with van der Waals surface area (Å²) in [4.78, 5) is 75.0. The molecule has 4 unspecified atom stereocenters. The molecule has 4 heterocycles. The molecule has 2 saturated heterocycles. The van der Waals surface area contributed by atoms with Gasteiger partial charge in [0.15, 0.2) is 0 Å². The van der Waals surface area contributed by atoms with Crippen LogP contribution in [0.3, 0.4) is 0 Å². The maximum absolute atomic E-state index is 14.5. The third-order valence-electron chi connectivity index (χ3n) is 15.6. The minimum absolute atomic E-state index is 0.0549. The number of aromatic amines is 2. The lowest BCUT2D eigenvalue weighted by atomic mass is 9.86. The van der Waals surface area contributed by atoms with Gasteiger partial charge in [0.2, 0.25) is 11.8 Å². The monoisotopic (exact) mass is 882 g/mol. The van der Waals surface area contributed by atoms with E-state index in [2.05, 4.69) is 32.4 Å². The lowest BCUT2D eigenvalue weighted by Gasteiger charge is -2.38. The van der Waals surface area contributed by atoms with Crippen LogP contribution >= 0.6 is 0 Å². The Labute approximate surface area is 380 Å². The molecule has 4 saturated carbocycles. The first-order valence-electron chi connectivity index (χ1n) is 23.9. The molecule has 342 valence electrons. The fraction of sp³-hybridized carbons (Fsp3) is 0.569. The van der Waals surface area contributed by atoms with Gasteiger partial charge in [0.05, 0.1) is 35.0 Å². The Morgan fingerprint density at radius 2 is 1.38 bits per heavy atom. The van der Waals surface area contributed by atoms with Crippen molar-refractivity contribution in [2.45, 2.75) is 148 Å². The van der Waals surface area contributed by atoms with Crippen LogP contribution in [0.1, 0.15) is 147 Å². The van der Waals surface area contributed by atoms with Crippen LogP contribution in [-0.2, 0) is 19.1 Å². The van der Waals surface area contributed by atoms with Crippen LogP contribution in [0, 0.1) is 34.5 Å². The maximum atomic E-state index is 14.5. The average Bonchev–Trinajstić information content (AvgIpc) is 3.87. The smallest absolute Gasteiger partial charge is 0.408 e. The zero-order valence-electron chi connectivity index (χ0n) is 38.3.